The topological polar surface area (TPSA) is 47.3 Å². The van der Waals surface area contributed by atoms with E-state index >= 15 is 0 Å². The molecule has 0 radical (unpaired) electrons. The highest BCUT2D eigenvalue weighted by Crippen LogP contribution is 2.40. The number of amides is 1. The Morgan fingerprint density at radius 3 is 2.45 bits per heavy atom. The molecule has 1 saturated heterocycles. The van der Waals surface area contributed by atoms with Crippen LogP contribution in [0.4, 0.5) is 10.1 Å². The number of nitriles is 1. The molecule has 29 heavy (non-hydrogen) atoms. The van der Waals surface area contributed by atoms with Crippen LogP contribution >= 0.6 is 0 Å². The van der Waals surface area contributed by atoms with E-state index in [1.54, 1.807) is 12.1 Å². The van der Waals surface area contributed by atoms with Crippen molar-refractivity contribution in [2.75, 3.05) is 31.1 Å². The average molecular weight is 398 g/mol. The van der Waals surface area contributed by atoms with Gasteiger partial charge in [-0.3, -0.25) is 4.79 Å². The smallest absolute Gasteiger partial charge is 0.223 e. The highest BCUT2D eigenvalue weighted by atomic mass is 19.1. The largest absolute Gasteiger partial charge is 0.368 e. The minimum atomic E-state index is -0.227. The number of hydrogen-bond donors (Lipinski definition) is 0. The number of nitrogens with zero attached hydrogens (tertiary/aromatic N) is 3. The van der Waals surface area contributed by atoms with Crippen LogP contribution in [-0.4, -0.2) is 37.0 Å². The molecule has 2 aliphatic rings. The second kappa shape index (κ2) is 9.43. The summed E-state index contributed by atoms with van der Waals surface area (Å²) in [4.78, 5) is 17.1. The SMILES string of the molecule is CC1=C[C@@H](CC#N)[C@H](C(C)C)C[C@H]1CC(=O)N1CCN(c2ccc(F)cc2)CC1. The lowest BCUT2D eigenvalue weighted by Crippen LogP contribution is -2.49. The molecule has 4 nitrogen and oxygen atoms in total. The minimum absolute atomic E-state index is 0.225. The Morgan fingerprint density at radius 2 is 1.86 bits per heavy atom. The normalized spacial score (nSPS) is 25.0. The molecule has 5 heteroatoms. The summed E-state index contributed by atoms with van der Waals surface area (Å²) in [6.07, 6.45) is 4.36. The zero-order valence-electron chi connectivity index (χ0n) is 17.8. The van der Waals surface area contributed by atoms with Crippen LogP contribution in [-0.2, 0) is 4.79 Å². The van der Waals surface area contributed by atoms with Gasteiger partial charge >= 0.3 is 0 Å². The second-order valence-corrected chi connectivity index (χ2v) is 8.83. The number of allylic oxidation sites excluding steroid dienone is 2. The van der Waals surface area contributed by atoms with Crippen molar-refractivity contribution >= 4 is 11.6 Å². The number of halogens is 1. The van der Waals surface area contributed by atoms with Crippen molar-refractivity contribution in [1.82, 2.24) is 4.90 Å². The van der Waals surface area contributed by atoms with Crippen LogP contribution in [0.1, 0.15) is 40.0 Å². The lowest BCUT2D eigenvalue weighted by atomic mass is 9.69. The molecule has 3 rings (SSSR count). The fourth-order valence-corrected chi connectivity index (χ4v) is 4.82. The maximum atomic E-state index is 13.1. The van der Waals surface area contributed by atoms with Gasteiger partial charge in [0.05, 0.1) is 6.07 Å². The highest BCUT2D eigenvalue weighted by molar-refractivity contribution is 5.77. The van der Waals surface area contributed by atoms with E-state index in [4.69, 9.17) is 5.26 Å². The van der Waals surface area contributed by atoms with E-state index in [1.807, 2.05) is 4.90 Å². The molecule has 1 amide bonds. The lowest BCUT2D eigenvalue weighted by molar-refractivity contribution is -0.132. The van der Waals surface area contributed by atoms with Gasteiger partial charge in [-0.25, -0.2) is 4.39 Å². The first-order valence-corrected chi connectivity index (χ1v) is 10.7. The minimum Gasteiger partial charge on any atom is -0.368 e. The van der Waals surface area contributed by atoms with Gasteiger partial charge in [-0.05, 0) is 61.3 Å². The second-order valence-electron chi connectivity index (χ2n) is 8.83. The van der Waals surface area contributed by atoms with Crippen LogP contribution in [0.25, 0.3) is 0 Å². The summed E-state index contributed by atoms with van der Waals surface area (Å²) in [6, 6.07) is 8.89. The quantitative estimate of drug-likeness (QED) is 0.681. The fraction of sp³-hybridized carbons (Fsp3) is 0.583. The van der Waals surface area contributed by atoms with E-state index in [0.717, 1.165) is 25.2 Å². The third-order valence-electron chi connectivity index (χ3n) is 6.66. The van der Waals surface area contributed by atoms with E-state index in [-0.39, 0.29) is 17.6 Å². The predicted octanol–water partition coefficient (Wildman–Crippen LogP) is 4.63. The van der Waals surface area contributed by atoms with Gasteiger partial charge < -0.3 is 9.80 Å². The van der Waals surface area contributed by atoms with E-state index in [9.17, 15) is 9.18 Å². The van der Waals surface area contributed by atoms with Gasteiger partial charge in [0.25, 0.3) is 0 Å². The third-order valence-corrected chi connectivity index (χ3v) is 6.66. The molecule has 0 bridgehead atoms. The summed E-state index contributed by atoms with van der Waals surface area (Å²) in [7, 11) is 0. The third kappa shape index (κ3) is 5.18. The first-order chi connectivity index (χ1) is 13.9. The van der Waals surface area contributed by atoms with Gasteiger partial charge in [0.1, 0.15) is 5.82 Å². The van der Waals surface area contributed by atoms with Crippen LogP contribution in [0, 0.1) is 40.8 Å². The van der Waals surface area contributed by atoms with Gasteiger partial charge in [-0.1, -0.05) is 25.5 Å². The van der Waals surface area contributed by atoms with Crippen LogP contribution in [0.5, 0.6) is 0 Å². The Bertz CT molecular complexity index is 772. The monoisotopic (exact) mass is 397 g/mol. The van der Waals surface area contributed by atoms with Crippen LogP contribution in [0.3, 0.4) is 0 Å². The van der Waals surface area contributed by atoms with E-state index < -0.39 is 0 Å². The van der Waals surface area contributed by atoms with Crippen molar-refractivity contribution in [2.45, 2.75) is 40.0 Å². The summed E-state index contributed by atoms with van der Waals surface area (Å²) in [6.45, 7) is 9.51. The highest BCUT2D eigenvalue weighted by Gasteiger charge is 2.33. The van der Waals surface area contributed by atoms with E-state index in [0.29, 0.717) is 43.7 Å². The van der Waals surface area contributed by atoms with Crippen molar-refractivity contribution < 1.29 is 9.18 Å². The first kappa shape index (κ1) is 21.4. The number of anilines is 1. The van der Waals surface area contributed by atoms with Crippen molar-refractivity contribution in [3.8, 4) is 6.07 Å². The van der Waals surface area contributed by atoms with Gasteiger partial charge in [-0.15, -0.1) is 0 Å². The number of piperazine rings is 1. The lowest BCUT2D eigenvalue weighted by Gasteiger charge is -2.39. The molecule has 1 aromatic carbocycles. The Hall–Kier alpha value is -2.35. The first-order valence-electron chi connectivity index (χ1n) is 10.7. The molecule has 3 atom stereocenters. The summed E-state index contributed by atoms with van der Waals surface area (Å²) < 4.78 is 13.1. The summed E-state index contributed by atoms with van der Waals surface area (Å²) >= 11 is 0. The molecule has 1 aliphatic carbocycles. The molecule has 0 spiro atoms. The van der Waals surface area contributed by atoms with Gasteiger partial charge in [0.2, 0.25) is 5.91 Å². The van der Waals surface area contributed by atoms with Gasteiger partial charge in [0, 0.05) is 44.7 Å². The maximum Gasteiger partial charge on any atom is 0.223 e. The Labute approximate surface area is 174 Å². The van der Waals surface area contributed by atoms with Crippen molar-refractivity contribution in [1.29, 1.82) is 5.26 Å². The molecule has 0 N–H and O–H groups in total. The molecule has 1 aliphatic heterocycles. The Kier molecular flexibility index (Phi) is 6.95. The number of rotatable bonds is 5. The number of carbonyl (C=O) groups excluding carboxylic acids is 1. The fourth-order valence-electron chi connectivity index (χ4n) is 4.82. The number of carbonyl (C=O) groups is 1. The Morgan fingerprint density at radius 1 is 1.21 bits per heavy atom. The molecule has 1 aromatic rings. The zero-order valence-corrected chi connectivity index (χ0v) is 17.8. The molecule has 156 valence electrons. The Balaban J connectivity index is 1.57. The van der Waals surface area contributed by atoms with Gasteiger partial charge in [-0.2, -0.15) is 5.26 Å². The average Bonchev–Trinajstić information content (AvgIpc) is 2.70. The van der Waals surface area contributed by atoms with Crippen LogP contribution in [0.2, 0.25) is 0 Å². The molecule has 1 fully saturated rings. The molecule has 0 saturated carbocycles. The van der Waals surface area contributed by atoms with Crippen LogP contribution < -0.4 is 4.90 Å². The van der Waals surface area contributed by atoms with Gasteiger partial charge in [0.15, 0.2) is 0 Å². The maximum absolute atomic E-state index is 13.1. The standard InChI is InChI=1S/C24H32FN3O/c1-17(2)23-15-20(18(3)14-19(23)8-9-26)16-24(29)28-12-10-27(11-13-28)22-6-4-21(25)5-7-22/h4-7,14,17,19-20,23H,8,10-13,15-16H2,1-3H3/t19-,20+,23+/m1/s1. The summed E-state index contributed by atoms with van der Waals surface area (Å²) in [5.41, 5.74) is 2.27. The van der Waals surface area contributed by atoms with E-state index in [1.165, 1.54) is 17.7 Å². The zero-order chi connectivity index (χ0) is 21.0. The number of hydrogen-bond acceptors (Lipinski definition) is 3. The summed E-state index contributed by atoms with van der Waals surface area (Å²) in [5.74, 6) is 1.56. The van der Waals surface area contributed by atoms with Crippen molar-refractivity contribution in [2.24, 2.45) is 23.7 Å². The predicted molar refractivity (Wildman–Crippen MR) is 114 cm³/mol. The van der Waals surface area contributed by atoms with Crippen molar-refractivity contribution in [3.05, 3.63) is 41.7 Å². The van der Waals surface area contributed by atoms with E-state index in [2.05, 4.69) is 37.8 Å². The number of benzene rings is 1. The molecular formula is C24H32FN3O. The summed E-state index contributed by atoms with van der Waals surface area (Å²) in [5, 5.41) is 9.14. The molecule has 1 heterocycles. The molecular weight excluding hydrogens is 365 g/mol. The molecule has 0 unspecified atom stereocenters. The van der Waals surface area contributed by atoms with Crippen molar-refractivity contribution in [3.63, 3.8) is 0 Å². The van der Waals surface area contributed by atoms with Crippen LogP contribution in [0.15, 0.2) is 35.9 Å². The molecule has 0 aromatic heterocycles.